The lowest BCUT2D eigenvalue weighted by atomic mass is 9.62. The first kappa shape index (κ1) is 33.2. The molecule has 1 saturated carbocycles. The van der Waals surface area contributed by atoms with Crippen LogP contribution in [0, 0.1) is 27.7 Å². The van der Waals surface area contributed by atoms with E-state index in [9.17, 15) is 0 Å². The molecule has 0 aromatic heterocycles. The van der Waals surface area contributed by atoms with Crippen LogP contribution in [0.2, 0.25) is 0 Å². The quantitative estimate of drug-likeness (QED) is 0.149. The summed E-state index contributed by atoms with van der Waals surface area (Å²) in [4.78, 5) is 0. The fraction of sp³-hybridized carbons (Fsp3) is 0.318. The van der Waals surface area contributed by atoms with Crippen molar-refractivity contribution in [1.82, 2.24) is 0 Å². The highest BCUT2D eigenvalue weighted by molar-refractivity contribution is 5.53. The van der Waals surface area contributed by atoms with Crippen LogP contribution in [0.5, 0.6) is 23.0 Å². The van der Waals surface area contributed by atoms with Gasteiger partial charge in [0, 0.05) is 16.8 Å². The van der Waals surface area contributed by atoms with Crippen LogP contribution < -0.4 is 20.9 Å². The summed E-state index contributed by atoms with van der Waals surface area (Å²) in [5.41, 5.74) is 23.3. The molecule has 0 amide bonds. The van der Waals surface area contributed by atoms with Gasteiger partial charge in [0.15, 0.2) is 0 Å². The topological polar surface area (TPSA) is 70.5 Å². The summed E-state index contributed by atoms with van der Waals surface area (Å²) >= 11 is 0. The largest absolute Gasteiger partial charge is 0.457 e. The van der Waals surface area contributed by atoms with Crippen molar-refractivity contribution in [1.29, 1.82) is 0 Å². The number of benzene rings is 5. The van der Waals surface area contributed by atoms with Crippen molar-refractivity contribution in [2.24, 2.45) is 0 Å². The zero-order chi connectivity index (χ0) is 33.8. The molecule has 4 nitrogen and oxygen atoms in total. The second-order valence-electron chi connectivity index (χ2n) is 13.9. The third kappa shape index (κ3) is 7.08. The molecule has 1 aliphatic rings. The molecule has 5 aromatic carbocycles. The maximum atomic E-state index is 6.42. The van der Waals surface area contributed by atoms with Crippen molar-refractivity contribution >= 4 is 11.4 Å². The van der Waals surface area contributed by atoms with Gasteiger partial charge < -0.3 is 20.9 Å². The molecule has 0 aliphatic heterocycles. The third-order valence-electron chi connectivity index (χ3n) is 10.4. The molecule has 1 fully saturated rings. The Balaban J connectivity index is 1.33. The van der Waals surface area contributed by atoms with Crippen molar-refractivity contribution in [3.63, 3.8) is 0 Å². The zero-order valence-corrected chi connectivity index (χ0v) is 29.2. The van der Waals surface area contributed by atoms with Gasteiger partial charge in [0.05, 0.1) is 0 Å². The zero-order valence-electron chi connectivity index (χ0n) is 29.2. The summed E-state index contributed by atoms with van der Waals surface area (Å²) in [5.74, 6) is 3.98. The Labute approximate surface area is 287 Å². The number of unbranched alkanes of at least 4 members (excludes halogenated alkanes) is 1. The van der Waals surface area contributed by atoms with Crippen molar-refractivity contribution in [3.8, 4) is 23.0 Å². The van der Waals surface area contributed by atoms with E-state index in [4.69, 9.17) is 20.9 Å². The molecular formula is C44H50N2O2. The minimum atomic E-state index is -0.114. The van der Waals surface area contributed by atoms with Gasteiger partial charge in [0.1, 0.15) is 23.0 Å². The first-order valence-electron chi connectivity index (χ1n) is 17.5. The van der Waals surface area contributed by atoms with Gasteiger partial charge in [0.2, 0.25) is 0 Å². The molecule has 0 unspecified atom stereocenters. The van der Waals surface area contributed by atoms with Crippen LogP contribution in [-0.4, -0.2) is 0 Å². The highest BCUT2D eigenvalue weighted by Crippen LogP contribution is 2.50. The van der Waals surface area contributed by atoms with Crippen LogP contribution in [0.1, 0.15) is 95.9 Å². The number of ether oxygens (including phenoxy) is 2. The Hall–Kier alpha value is -4.70. The molecule has 1 aliphatic carbocycles. The molecule has 48 heavy (non-hydrogen) atoms. The molecule has 4 N–H and O–H groups in total. The van der Waals surface area contributed by atoms with Gasteiger partial charge >= 0.3 is 0 Å². The van der Waals surface area contributed by atoms with Gasteiger partial charge in [-0.3, -0.25) is 0 Å². The summed E-state index contributed by atoms with van der Waals surface area (Å²) < 4.78 is 12.8. The first-order valence-corrected chi connectivity index (χ1v) is 17.5. The molecule has 0 atom stereocenters. The summed E-state index contributed by atoms with van der Waals surface area (Å²) in [5, 5.41) is 0. The lowest BCUT2D eigenvalue weighted by Gasteiger charge is -2.42. The van der Waals surface area contributed by atoms with E-state index in [1.165, 1.54) is 35.1 Å². The maximum Gasteiger partial charge on any atom is 0.130 e. The van der Waals surface area contributed by atoms with Crippen molar-refractivity contribution in [2.45, 2.75) is 90.9 Å². The number of nitrogens with two attached hydrogens (primary N) is 2. The van der Waals surface area contributed by atoms with E-state index >= 15 is 0 Å². The number of rotatable bonds is 10. The van der Waals surface area contributed by atoms with Gasteiger partial charge in [-0.25, -0.2) is 0 Å². The van der Waals surface area contributed by atoms with E-state index in [1.54, 1.807) is 0 Å². The molecule has 0 bridgehead atoms. The lowest BCUT2D eigenvalue weighted by Crippen LogP contribution is -2.33. The van der Waals surface area contributed by atoms with Crippen LogP contribution in [0.3, 0.4) is 0 Å². The normalized spacial score (nSPS) is 14.5. The molecule has 6 rings (SSSR count). The lowest BCUT2D eigenvalue weighted by molar-refractivity contribution is 0.314. The molecule has 0 spiro atoms. The molecule has 5 aromatic rings. The van der Waals surface area contributed by atoms with Crippen LogP contribution in [-0.2, 0) is 11.8 Å². The average molecular weight is 639 g/mol. The van der Waals surface area contributed by atoms with Gasteiger partial charge in [0.25, 0.3) is 0 Å². The fourth-order valence-electron chi connectivity index (χ4n) is 7.51. The summed E-state index contributed by atoms with van der Waals surface area (Å²) in [6.07, 6.45) is 8.05. The molecule has 4 heteroatoms. The smallest absolute Gasteiger partial charge is 0.130 e. The number of hydrogen-bond donors (Lipinski definition) is 2. The van der Waals surface area contributed by atoms with Crippen molar-refractivity contribution < 1.29 is 9.47 Å². The third-order valence-corrected chi connectivity index (χ3v) is 10.4. The molecule has 248 valence electrons. The number of hydrogen-bond acceptors (Lipinski definition) is 4. The van der Waals surface area contributed by atoms with Gasteiger partial charge in [-0.1, -0.05) is 61.9 Å². The Bertz CT molecular complexity index is 1800. The van der Waals surface area contributed by atoms with E-state index in [2.05, 4.69) is 81.4 Å². The molecule has 0 saturated heterocycles. The molecule has 0 heterocycles. The summed E-state index contributed by atoms with van der Waals surface area (Å²) in [6, 6.07) is 34.6. The van der Waals surface area contributed by atoms with Gasteiger partial charge in [-0.05, 0) is 165 Å². The van der Waals surface area contributed by atoms with Crippen molar-refractivity contribution in [2.75, 3.05) is 11.5 Å². The molecule has 0 radical (unpaired) electrons. The van der Waals surface area contributed by atoms with Crippen LogP contribution in [0.25, 0.3) is 0 Å². The van der Waals surface area contributed by atoms with Crippen LogP contribution in [0.4, 0.5) is 11.4 Å². The Morgan fingerprint density at radius 2 is 1.08 bits per heavy atom. The van der Waals surface area contributed by atoms with Gasteiger partial charge in [-0.2, -0.15) is 0 Å². The second-order valence-corrected chi connectivity index (χ2v) is 13.9. The Morgan fingerprint density at radius 1 is 0.604 bits per heavy atom. The Morgan fingerprint density at radius 3 is 1.54 bits per heavy atom. The first-order chi connectivity index (χ1) is 23.1. The van der Waals surface area contributed by atoms with E-state index in [0.29, 0.717) is 5.92 Å². The maximum absolute atomic E-state index is 6.42. The van der Waals surface area contributed by atoms with E-state index in [-0.39, 0.29) is 5.41 Å². The average Bonchev–Trinajstić information content (AvgIpc) is 3.08. The van der Waals surface area contributed by atoms with Crippen LogP contribution >= 0.6 is 0 Å². The van der Waals surface area contributed by atoms with E-state index < -0.39 is 0 Å². The highest BCUT2D eigenvalue weighted by atomic mass is 16.5. The Kier molecular flexibility index (Phi) is 9.82. The van der Waals surface area contributed by atoms with E-state index in [1.807, 2.05) is 50.2 Å². The minimum Gasteiger partial charge on any atom is -0.457 e. The standard InChI is InChI=1S/C44H50N2O2/c1-6-7-9-33-10-8-11-35(28-33)34-20-22-44(23-21-34,36-12-16-40(29(2)24-36)47-42-18-14-38(45)26-31(42)4)37-13-17-41(30(3)25-37)48-43-19-15-39(46)27-32(43)5/h8,10-19,24-28,34H,6-7,9,20-23,45-46H2,1-5H3. The fourth-order valence-corrected chi connectivity index (χ4v) is 7.51. The summed E-state index contributed by atoms with van der Waals surface area (Å²) in [6.45, 7) is 10.6. The predicted molar refractivity (Wildman–Crippen MR) is 201 cm³/mol. The van der Waals surface area contributed by atoms with Gasteiger partial charge in [-0.15, -0.1) is 0 Å². The summed E-state index contributed by atoms with van der Waals surface area (Å²) in [7, 11) is 0. The minimum absolute atomic E-state index is 0.114. The van der Waals surface area contributed by atoms with E-state index in [0.717, 1.165) is 88.7 Å². The highest BCUT2D eigenvalue weighted by Gasteiger charge is 2.39. The SMILES string of the molecule is CCCCc1cccc(C2CCC(c3ccc(Oc4ccc(N)cc4C)c(C)c3)(c3ccc(Oc4ccc(N)cc4C)c(C)c3)CC2)c1. The van der Waals surface area contributed by atoms with Crippen LogP contribution in [0.15, 0.2) is 97.1 Å². The number of aryl methyl sites for hydroxylation is 5. The molecular weight excluding hydrogens is 588 g/mol. The monoisotopic (exact) mass is 638 g/mol. The predicted octanol–water partition coefficient (Wildman–Crippen LogP) is 11.7. The number of nitrogen functional groups attached to an aromatic ring is 2. The van der Waals surface area contributed by atoms with Crippen molar-refractivity contribution in [3.05, 3.63) is 142 Å². The second kappa shape index (κ2) is 14.2. The number of anilines is 2.